The van der Waals surface area contributed by atoms with Gasteiger partial charge in [0.15, 0.2) is 0 Å². The first-order valence-electron chi connectivity index (χ1n) is 8.93. The molecule has 2 rings (SSSR count). The molecule has 1 aromatic rings. The maximum atomic E-state index is 13.0. The fraction of sp³-hybridized carbons (Fsp3) is 0.556. The van der Waals surface area contributed by atoms with E-state index in [9.17, 15) is 18.0 Å². The summed E-state index contributed by atoms with van der Waals surface area (Å²) in [5.41, 5.74) is 0.979. The summed E-state index contributed by atoms with van der Waals surface area (Å²) in [5.74, 6) is -1.37. The molecule has 8 nitrogen and oxygen atoms in total. The molecule has 9 heteroatoms. The van der Waals surface area contributed by atoms with Crippen LogP contribution in [-0.2, 0) is 14.8 Å². The fourth-order valence-electron chi connectivity index (χ4n) is 3.04. The summed E-state index contributed by atoms with van der Waals surface area (Å²) in [6, 6.07) is 4.60. The molecule has 0 bridgehead atoms. The highest BCUT2D eigenvalue weighted by atomic mass is 32.2. The van der Waals surface area contributed by atoms with Gasteiger partial charge in [-0.3, -0.25) is 9.59 Å². The van der Waals surface area contributed by atoms with Gasteiger partial charge in [-0.2, -0.15) is 0 Å². The number of sulfonamides is 1. The third kappa shape index (κ3) is 4.98. The van der Waals surface area contributed by atoms with Crippen molar-refractivity contribution in [1.29, 1.82) is 0 Å². The first kappa shape index (κ1) is 21.2. The van der Waals surface area contributed by atoms with Crippen LogP contribution in [0.25, 0.3) is 0 Å². The Kier molecular flexibility index (Phi) is 6.83. The Hall–Kier alpha value is -2.13. The number of hydrogen-bond acceptors (Lipinski definition) is 5. The molecule has 0 spiro atoms. The number of anilines is 1. The van der Waals surface area contributed by atoms with Crippen LogP contribution in [0.2, 0.25) is 0 Å². The van der Waals surface area contributed by atoms with Crippen LogP contribution in [0.5, 0.6) is 0 Å². The number of carbonyl (C=O) groups excluding carboxylic acids is 1. The van der Waals surface area contributed by atoms with Crippen LogP contribution in [-0.4, -0.2) is 75.4 Å². The zero-order chi connectivity index (χ0) is 20.2. The number of aliphatic carboxylic acids is 1. The second kappa shape index (κ2) is 8.71. The van der Waals surface area contributed by atoms with E-state index < -0.39 is 16.0 Å². The zero-order valence-corrected chi connectivity index (χ0v) is 16.8. The van der Waals surface area contributed by atoms with E-state index in [-0.39, 0.29) is 29.3 Å². The van der Waals surface area contributed by atoms with E-state index in [4.69, 9.17) is 5.11 Å². The molecule has 0 saturated carbocycles. The van der Waals surface area contributed by atoms with Crippen LogP contribution in [0, 0.1) is 0 Å². The molecule has 27 heavy (non-hydrogen) atoms. The molecule has 0 radical (unpaired) electrons. The van der Waals surface area contributed by atoms with E-state index in [2.05, 4.69) is 4.90 Å². The third-order valence-corrected chi connectivity index (χ3v) is 6.49. The number of carbonyl (C=O) groups is 2. The minimum absolute atomic E-state index is 0.0447. The minimum Gasteiger partial charge on any atom is -0.481 e. The molecule has 1 aliphatic rings. The van der Waals surface area contributed by atoms with E-state index in [0.29, 0.717) is 5.69 Å². The number of carboxylic acids is 1. The number of nitrogens with zero attached hydrogens (tertiary/aromatic N) is 3. The summed E-state index contributed by atoms with van der Waals surface area (Å²) in [7, 11) is 0.722. The maximum Gasteiger partial charge on any atom is 0.305 e. The van der Waals surface area contributed by atoms with Crippen molar-refractivity contribution in [2.45, 2.75) is 30.6 Å². The van der Waals surface area contributed by atoms with E-state index >= 15 is 0 Å². The SMILES string of the molecule is CN(CCC(=O)O)C(=O)c1cc(S(=O)(=O)N(C)C)ccc1N1CCCCC1. The van der Waals surface area contributed by atoms with Crippen molar-refractivity contribution in [2.75, 3.05) is 45.7 Å². The maximum absolute atomic E-state index is 13.0. The largest absolute Gasteiger partial charge is 0.481 e. The predicted octanol–water partition coefficient (Wildman–Crippen LogP) is 1.47. The van der Waals surface area contributed by atoms with Gasteiger partial charge < -0.3 is 14.9 Å². The van der Waals surface area contributed by atoms with Crippen molar-refractivity contribution >= 4 is 27.6 Å². The van der Waals surface area contributed by atoms with Crippen molar-refractivity contribution < 1.29 is 23.1 Å². The Morgan fingerprint density at radius 2 is 1.74 bits per heavy atom. The minimum atomic E-state index is -3.68. The number of hydrogen-bond donors (Lipinski definition) is 1. The Bertz CT molecular complexity index is 801. The van der Waals surface area contributed by atoms with Gasteiger partial charge in [-0.1, -0.05) is 0 Å². The molecule has 150 valence electrons. The lowest BCUT2D eigenvalue weighted by atomic mass is 10.1. The molecule has 1 heterocycles. The summed E-state index contributed by atoms with van der Waals surface area (Å²) in [6.07, 6.45) is 2.99. The van der Waals surface area contributed by atoms with Crippen molar-refractivity contribution in [3.63, 3.8) is 0 Å². The molecule has 1 fully saturated rings. The number of benzene rings is 1. The lowest BCUT2D eigenvalue weighted by molar-refractivity contribution is -0.137. The normalized spacial score (nSPS) is 15.0. The topological polar surface area (TPSA) is 98.2 Å². The molecular weight excluding hydrogens is 370 g/mol. The quantitative estimate of drug-likeness (QED) is 0.748. The summed E-state index contributed by atoms with van der Waals surface area (Å²) in [4.78, 5) is 27.2. The number of amides is 1. The van der Waals surface area contributed by atoms with Gasteiger partial charge in [-0.15, -0.1) is 0 Å². The van der Waals surface area contributed by atoms with Gasteiger partial charge in [0.1, 0.15) is 0 Å². The molecule has 1 N–H and O–H groups in total. The number of carboxylic acid groups (broad SMARTS) is 1. The molecule has 0 atom stereocenters. The van der Waals surface area contributed by atoms with Gasteiger partial charge >= 0.3 is 5.97 Å². The van der Waals surface area contributed by atoms with E-state index in [1.807, 2.05) is 0 Å². The number of piperidine rings is 1. The average Bonchev–Trinajstić information content (AvgIpc) is 2.65. The van der Waals surface area contributed by atoms with Crippen LogP contribution in [0.3, 0.4) is 0 Å². The highest BCUT2D eigenvalue weighted by Crippen LogP contribution is 2.28. The van der Waals surface area contributed by atoms with Gasteiger partial charge in [0.25, 0.3) is 5.91 Å². The van der Waals surface area contributed by atoms with Gasteiger partial charge in [0, 0.05) is 46.5 Å². The van der Waals surface area contributed by atoms with E-state index in [1.54, 1.807) is 6.07 Å². The fourth-order valence-corrected chi connectivity index (χ4v) is 3.97. The van der Waals surface area contributed by atoms with Gasteiger partial charge in [-0.25, -0.2) is 12.7 Å². The summed E-state index contributed by atoms with van der Waals surface area (Å²) >= 11 is 0. The molecule has 1 aromatic carbocycles. The first-order chi connectivity index (χ1) is 12.6. The lowest BCUT2D eigenvalue weighted by Gasteiger charge is -2.31. The Morgan fingerprint density at radius 1 is 1.11 bits per heavy atom. The molecule has 0 unspecified atom stereocenters. The smallest absolute Gasteiger partial charge is 0.305 e. The molecule has 1 amide bonds. The molecular formula is C18H27N3O5S. The predicted molar refractivity (Wildman–Crippen MR) is 103 cm³/mol. The van der Waals surface area contributed by atoms with Crippen molar-refractivity contribution in [3.05, 3.63) is 23.8 Å². The van der Waals surface area contributed by atoms with Crippen LogP contribution in [0.15, 0.2) is 23.1 Å². The second-order valence-electron chi connectivity index (χ2n) is 6.88. The van der Waals surface area contributed by atoms with E-state index in [0.717, 1.165) is 36.7 Å². The molecule has 0 aliphatic carbocycles. The standard InChI is InChI=1S/C18H27N3O5S/c1-19(2)27(25,26)14-7-8-16(21-10-5-4-6-11-21)15(13-14)18(24)20(3)12-9-17(22)23/h7-8,13H,4-6,9-12H2,1-3H3,(H,22,23). The van der Waals surface area contributed by atoms with Crippen LogP contribution >= 0.6 is 0 Å². The van der Waals surface area contributed by atoms with Crippen molar-refractivity contribution in [1.82, 2.24) is 9.21 Å². The van der Waals surface area contributed by atoms with Crippen LogP contribution in [0.1, 0.15) is 36.0 Å². The average molecular weight is 397 g/mol. The summed E-state index contributed by atoms with van der Waals surface area (Å²) in [5, 5.41) is 8.85. The molecule has 1 aliphatic heterocycles. The zero-order valence-electron chi connectivity index (χ0n) is 16.0. The summed E-state index contributed by atoms with van der Waals surface area (Å²) < 4.78 is 26.1. The molecule has 0 aromatic heterocycles. The summed E-state index contributed by atoms with van der Waals surface area (Å²) in [6.45, 7) is 1.66. The highest BCUT2D eigenvalue weighted by Gasteiger charge is 2.25. The number of rotatable bonds is 7. The lowest BCUT2D eigenvalue weighted by Crippen LogP contribution is -2.34. The monoisotopic (exact) mass is 397 g/mol. The van der Waals surface area contributed by atoms with Gasteiger partial charge in [0.05, 0.1) is 16.9 Å². The van der Waals surface area contributed by atoms with Crippen molar-refractivity contribution in [2.24, 2.45) is 0 Å². The third-order valence-electron chi connectivity index (χ3n) is 4.68. The van der Waals surface area contributed by atoms with Crippen LogP contribution in [0.4, 0.5) is 5.69 Å². The highest BCUT2D eigenvalue weighted by molar-refractivity contribution is 7.89. The van der Waals surface area contributed by atoms with Crippen LogP contribution < -0.4 is 4.90 Å². The van der Waals surface area contributed by atoms with E-state index in [1.165, 1.54) is 38.2 Å². The molecule has 1 saturated heterocycles. The van der Waals surface area contributed by atoms with Gasteiger partial charge in [-0.05, 0) is 37.5 Å². The Labute approximate surface area is 160 Å². The second-order valence-corrected chi connectivity index (χ2v) is 9.04. The first-order valence-corrected chi connectivity index (χ1v) is 10.4. The Morgan fingerprint density at radius 3 is 2.30 bits per heavy atom. The Balaban J connectivity index is 2.45. The van der Waals surface area contributed by atoms with Gasteiger partial charge in [0.2, 0.25) is 10.0 Å². The van der Waals surface area contributed by atoms with Crippen molar-refractivity contribution in [3.8, 4) is 0 Å².